The molecular weight excluding hydrogens is 221 g/mol. The number of hydrogen-bond acceptors (Lipinski definition) is 3. The van der Waals surface area contributed by atoms with Gasteiger partial charge in [0.2, 0.25) is 0 Å². The third-order valence-electron chi connectivity index (χ3n) is 1.78. The van der Waals surface area contributed by atoms with Gasteiger partial charge in [0.1, 0.15) is 5.75 Å². The molecular formula is C10H13F3N2O. The summed E-state index contributed by atoms with van der Waals surface area (Å²) in [5.41, 5.74) is 3.33. The molecule has 0 heterocycles. The lowest BCUT2D eigenvalue weighted by Crippen LogP contribution is -2.30. The average molecular weight is 234 g/mol. The molecule has 0 aliphatic heterocycles. The van der Waals surface area contributed by atoms with E-state index in [1.165, 1.54) is 12.1 Å². The lowest BCUT2D eigenvalue weighted by Gasteiger charge is -2.16. The summed E-state index contributed by atoms with van der Waals surface area (Å²) in [6.07, 6.45) is -4.66. The van der Waals surface area contributed by atoms with Crippen LogP contribution in [0.4, 0.5) is 13.2 Å². The molecule has 0 aliphatic rings. The van der Waals surface area contributed by atoms with Crippen molar-refractivity contribution in [2.75, 3.05) is 14.1 Å². The lowest BCUT2D eigenvalue weighted by molar-refractivity contribution is -0.274. The first-order chi connectivity index (χ1) is 7.38. The normalized spacial score (nSPS) is 11.9. The Balaban J connectivity index is 2.75. The van der Waals surface area contributed by atoms with Crippen molar-refractivity contribution in [3.8, 4) is 5.75 Å². The Bertz CT molecular complexity index is 339. The molecule has 0 saturated heterocycles. The Labute approximate surface area is 91.8 Å². The van der Waals surface area contributed by atoms with Gasteiger partial charge in [-0.3, -0.25) is 10.4 Å². The van der Waals surface area contributed by atoms with Crippen LogP contribution in [0.1, 0.15) is 5.56 Å². The van der Waals surface area contributed by atoms with Crippen LogP contribution < -0.4 is 10.2 Å². The van der Waals surface area contributed by atoms with Crippen molar-refractivity contribution in [3.05, 3.63) is 29.8 Å². The zero-order chi connectivity index (χ0) is 12.2. The van der Waals surface area contributed by atoms with E-state index in [1.807, 2.05) is 0 Å². The van der Waals surface area contributed by atoms with Crippen LogP contribution in [0.15, 0.2) is 24.3 Å². The zero-order valence-electron chi connectivity index (χ0n) is 9.01. The van der Waals surface area contributed by atoms with E-state index >= 15 is 0 Å². The summed E-state index contributed by atoms with van der Waals surface area (Å²) in [5.74, 6) is -0.177. The highest BCUT2D eigenvalue weighted by Crippen LogP contribution is 2.25. The van der Waals surface area contributed by atoms with E-state index in [4.69, 9.17) is 0 Å². The quantitative estimate of drug-likeness (QED) is 0.808. The van der Waals surface area contributed by atoms with Crippen molar-refractivity contribution in [2.24, 2.45) is 0 Å². The van der Waals surface area contributed by atoms with Gasteiger partial charge in [-0.2, -0.15) is 0 Å². The summed E-state index contributed by atoms with van der Waals surface area (Å²) in [6.45, 7) is 0.277. The van der Waals surface area contributed by atoms with E-state index in [9.17, 15) is 13.2 Å². The maximum absolute atomic E-state index is 12.1. The number of ether oxygens (including phenoxy) is 1. The minimum Gasteiger partial charge on any atom is -0.405 e. The molecule has 0 fully saturated rings. The standard InChI is InChI=1S/C10H13F3N2O/c1-15(2)14-7-8-5-3-4-6-9(8)16-10(11,12)13/h3-6,14H,7H2,1-2H3. The van der Waals surface area contributed by atoms with Crippen LogP contribution in [0.3, 0.4) is 0 Å². The predicted molar refractivity (Wildman–Crippen MR) is 53.7 cm³/mol. The average Bonchev–Trinajstić information content (AvgIpc) is 2.14. The summed E-state index contributed by atoms with van der Waals surface area (Å²) in [7, 11) is 3.51. The van der Waals surface area contributed by atoms with Crippen LogP contribution in [-0.4, -0.2) is 25.5 Å². The van der Waals surface area contributed by atoms with Crippen molar-refractivity contribution in [3.63, 3.8) is 0 Å². The van der Waals surface area contributed by atoms with Gasteiger partial charge in [0.25, 0.3) is 0 Å². The molecule has 0 unspecified atom stereocenters. The number of para-hydroxylation sites is 1. The third-order valence-corrected chi connectivity index (χ3v) is 1.78. The van der Waals surface area contributed by atoms with E-state index in [-0.39, 0.29) is 12.3 Å². The Morgan fingerprint density at radius 2 is 1.88 bits per heavy atom. The number of hydrogen-bond donors (Lipinski definition) is 1. The Kier molecular flexibility index (Phi) is 4.14. The molecule has 0 amide bonds. The second-order valence-electron chi connectivity index (χ2n) is 3.38. The molecule has 0 radical (unpaired) electrons. The molecule has 3 nitrogen and oxygen atoms in total. The molecule has 6 heteroatoms. The third kappa shape index (κ3) is 4.50. The molecule has 0 saturated carbocycles. The Morgan fingerprint density at radius 1 is 1.25 bits per heavy atom. The Hall–Kier alpha value is -1.27. The molecule has 1 aromatic carbocycles. The van der Waals surface area contributed by atoms with Gasteiger partial charge in [0.15, 0.2) is 0 Å². The molecule has 0 atom stereocenters. The van der Waals surface area contributed by atoms with E-state index in [2.05, 4.69) is 10.2 Å². The van der Waals surface area contributed by atoms with Gasteiger partial charge < -0.3 is 4.74 Å². The monoisotopic (exact) mass is 234 g/mol. The molecule has 16 heavy (non-hydrogen) atoms. The number of hydrazine groups is 1. The highest BCUT2D eigenvalue weighted by Gasteiger charge is 2.31. The van der Waals surface area contributed by atoms with Crippen LogP contribution in [0.5, 0.6) is 5.75 Å². The van der Waals surface area contributed by atoms with Crippen LogP contribution in [-0.2, 0) is 6.54 Å². The van der Waals surface area contributed by atoms with Gasteiger partial charge in [-0.05, 0) is 6.07 Å². The van der Waals surface area contributed by atoms with Crippen molar-refractivity contribution in [1.82, 2.24) is 10.4 Å². The molecule has 0 aliphatic carbocycles. The fraction of sp³-hybridized carbons (Fsp3) is 0.400. The Morgan fingerprint density at radius 3 is 2.44 bits per heavy atom. The van der Waals surface area contributed by atoms with Crippen LogP contribution in [0.2, 0.25) is 0 Å². The molecule has 0 aromatic heterocycles. The maximum atomic E-state index is 12.1. The highest BCUT2D eigenvalue weighted by molar-refractivity contribution is 5.33. The molecule has 1 N–H and O–H groups in total. The summed E-state index contributed by atoms with van der Waals surface area (Å²) < 4.78 is 40.1. The first-order valence-corrected chi connectivity index (χ1v) is 4.63. The number of nitrogens with zero attached hydrogens (tertiary/aromatic N) is 1. The predicted octanol–water partition coefficient (Wildman–Crippen LogP) is 2.15. The summed E-state index contributed by atoms with van der Waals surface area (Å²) in [4.78, 5) is 0. The number of rotatable bonds is 4. The second kappa shape index (κ2) is 5.18. The number of benzene rings is 1. The SMILES string of the molecule is CN(C)NCc1ccccc1OC(F)(F)F. The lowest BCUT2D eigenvalue weighted by atomic mass is 10.2. The fourth-order valence-corrected chi connectivity index (χ4v) is 1.12. The van der Waals surface area contributed by atoms with Crippen LogP contribution in [0.25, 0.3) is 0 Å². The summed E-state index contributed by atoms with van der Waals surface area (Å²) >= 11 is 0. The van der Waals surface area contributed by atoms with Crippen molar-refractivity contribution in [2.45, 2.75) is 12.9 Å². The van der Waals surface area contributed by atoms with E-state index in [1.54, 1.807) is 31.2 Å². The van der Waals surface area contributed by atoms with Gasteiger partial charge >= 0.3 is 6.36 Å². The fourth-order valence-electron chi connectivity index (χ4n) is 1.12. The summed E-state index contributed by atoms with van der Waals surface area (Å²) in [5, 5.41) is 1.66. The van der Waals surface area contributed by atoms with Gasteiger partial charge in [-0.1, -0.05) is 18.2 Å². The molecule has 0 bridgehead atoms. The number of alkyl halides is 3. The van der Waals surface area contributed by atoms with Crippen LogP contribution in [0, 0.1) is 0 Å². The van der Waals surface area contributed by atoms with Gasteiger partial charge in [-0.25, -0.2) is 0 Å². The second-order valence-corrected chi connectivity index (χ2v) is 3.38. The minimum atomic E-state index is -4.66. The van der Waals surface area contributed by atoms with Gasteiger partial charge in [0.05, 0.1) is 0 Å². The van der Waals surface area contributed by atoms with Gasteiger partial charge in [-0.15, -0.1) is 13.2 Å². The summed E-state index contributed by atoms with van der Waals surface area (Å²) in [6, 6.07) is 6.04. The van der Waals surface area contributed by atoms with Crippen molar-refractivity contribution in [1.29, 1.82) is 0 Å². The molecule has 90 valence electrons. The molecule has 1 aromatic rings. The number of nitrogens with one attached hydrogen (secondary N) is 1. The first-order valence-electron chi connectivity index (χ1n) is 4.63. The van der Waals surface area contributed by atoms with Gasteiger partial charge in [0, 0.05) is 26.2 Å². The van der Waals surface area contributed by atoms with E-state index < -0.39 is 6.36 Å². The smallest absolute Gasteiger partial charge is 0.405 e. The minimum absolute atomic E-state index is 0.177. The maximum Gasteiger partial charge on any atom is 0.573 e. The largest absolute Gasteiger partial charge is 0.573 e. The zero-order valence-corrected chi connectivity index (χ0v) is 9.01. The van der Waals surface area contributed by atoms with Crippen LogP contribution >= 0.6 is 0 Å². The number of halogens is 3. The van der Waals surface area contributed by atoms with E-state index in [0.717, 1.165) is 0 Å². The molecule has 0 spiro atoms. The van der Waals surface area contributed by atoms with Crippen molar-refractivity contribution < 1.29 is 17.9 Å². The van der Waals surface area contributed by atoms with Crippen molar-refractivity contribution >= 4 is 0 Å². The molecule has 1 rings (SSSR count). The van der Waals surface area contributed by atoms with E-state index in [0.29, 0.717) is 5.56 Å². The highest BCUT2D eigenvalue weighted by atomic mass is 19.4. The first kappa shape index (κ1) is 12.8. The topological polar surface area (TPSA) is 24.5 Å².